The first-order chi connectivity index (χ1) is 18.7. The molecule has 1 fully saturated rings. The van der Waals surface area contributed by atoms with Crippen LogP contribution in [0.5, 0.6) is 0 Å². The molecule has 0 bridgehead atoms. The van der Waals surface area contributed by atoms with Crippen LogP contribution < -0.4 is 5.73 Å². The first-order valence-electron chi connectivity index (χ1n) is 11.4. The summed E-state index contributed by atoms with van der Waals surface area (Å²) in [6.45, 7) is -0.371. The highest BCUT2D eigenvalue weighted by Gasteiger charge is 2.48. The van der Waals surface area contributed by atoms with Gasteiger partial charge >= 0.3 is 23.5 Å². The number of imidazole rings is 1. The van der Waals surface area contributed by atoms with Gasteiger partial charge < -0.3 is 39.9 Å². The van der Waals surface area contributed by atoms with Crippen LogP contribution in [0.3, 0.4) is 0 Å². The van der Waals surface area contributed by atoms with E-state index in [1.807, 2.05) is 0 Å². The molecule has 0 aliphatic carbocycles. The standard InChI is InChI=1S/C16H27N8O13P3/c17-14-11-15(20-8-19-14)24(9-21-11)16-13(33-6-4-2-1-3-5-22-23-18)12(25)10(35-16)7-34-39(29,30)37-40(31,32)36-38(26,27)28/h8-10,12-13,16,25H,1-7H2,(H,29,30)(H,31,32)(H2,17,19,20)(H2,26,27,28)/t10-,12-,13-,16-/m1/s1. The van der Waals surface area contributed by atoms with Crippen molar-refractivity contribution in [1.82, 2.24) is 19.5 Å². The van der Waals surface area contributed by atoms with Gasteiger partial charge in [0.15, 0.2) is 17.7 Å². The zero-order valence-corrected chi connectivity index (χ0v) is 23.1. The van der Waals surface area contributed by atoms with Crippen molar-refractivity contribution >= 4 is 40.4 Å². The van der Waals surface area contributed by atoms with Gasteiger partial charge in [-0.15, -0.1) is 0 Å². The topological polar surface area (TPSA) is 317 Å². The smallest absolute Gasteiger partial charge is 0.387 e. The minimum Gasteiger partial charge on any atom is -0.387 e. The number of unbranched alkanes of at least 4 members (excludes halogenated alkanes) is 3. The SMILES string of the molecule is [N-]=[N+]=NCCCCCCO[C@@H]1[C@H](O)[C@@H](COP(=O)(O)OP(=O)(O)OP(=O)(O)O)O[C@H]1n1cnc2c(N)ncnc21. The Balaban J connectivity index is 1.70. The first-order valence-corrected chi connectivity index (χ1v) is 15.9. The van der Waals surface area contributed by atoms with Crippen LogP contribution >= 0.6 is 23.5 Å². The number of nitrogens with two attached hydrogens (primary N) is 1. The molecule has 3 heterocycles. The number of aromatic nitrogens is 4. The molecular formula is C16H27N8O13P3. The van der Waals surface area contributed by atoms with E-state index in [0.717, 1.165) is 12.8 Å². The van der Waals surface area contributed by atoms with Crippen molar-refractivity contribution in [3.05, 3.63) is 23.1 Å². The summed E-state index contributed by atoms with van der Waals surface area (Å²) in [5.41, 5.74) is 14.6. The summed E-state index contributed by atoms with van der Waals surface area (Å²) in [7, 11) is -16.8. The Morgan fingerprint density at radius 1 is 1.07 bits per heavy atom. The molecule has 2 unspecified atom stereocenters. The third-order valence-electron chi connectivity index (χ3n) is 5.32. The number of anilines is 1. The lowest BCUT2D eigenvalue weighted by Gasteiger charge is -2.22. The fraction of sp³-hybridized carbons (Fsp3) is 0.688. The van der Waals surface area contributed by atoms with E-state index in [0.29, 0.717) is 19.4 Å². The number of phosphoric ester groups is 1. The molecule has 1 aliphatic heterocycles. The lowest BCUT2D eigenvalue weighted by atomic mass is 10.1. The summed E-state index contributed by atoms with van der Waals surface area (Å²) in [4.78, 5) is 51.1. The molecule has 0 aromatic carbocycles. The number of azide groups is 1. The van der Waals surface area contributed by atoms with Crippen molar-refractivity contribution in [1.29, 1.82) is 0 Å². The largest absolute Gasteiger partial charge is 0.490 e. The Kier molecular flexibility index (Phi) is 11.2. The molecule has 21 nitrogen and oxygen atoms in total. The average molecular weight is 632 g/mol. The zero-order chi connectivity index (χ0) is 29.6. The number of aliphatic hydroxyl groups excluding tert-OH is 1. The van der Waals surface area contributed by atoms with Crippen molar-refractivity contribution in [2.45, 2.75) is 50.2 Å². The van der Waals surface area contributed by atoms with Crippen LogP contribution in [0.1, 0.15) is 31.9 Å². The van der Waals surface area contributed by atoms with E-state index in [1.165, 1.54) is 17.2 Å². The number of ether oxygens (including phenoxy) is 2. The van der Waals surface area contributed by atoms with E-state index in [9.17, 15) is 28.6 Å². The van der Waals surface area contributed by atoms with Gasteiger partial charge in [-0.3, -0.25) is 9.09 Å². The van der Waals surface area contributed by atoms with Crippen molar-refractivity contribution in [3.63, 3.8) is 0 Å². The molecule has 1 saturated heterocycles. The average Bonchev–Trinajstić information content (AvgIpc) is 3.39. The summed E-state index contributed by atoms with van der Waals surface area (Å²) in [6.07, 6.45) is 0.178. The molecule has 0 spiro atoms. The van der Waals surface area contributed by atoms with Crippen LogP contribution in [-0.2, 0) is 36.3 Å². The van der Waals surface area contributed by atoms with E-state index in [2.05, 4.69) is 38.1 Å². The Bertz CT molecular complexity index is 1350. The molecule has 24 heteroatoms. The maximum atomic E-state index is 12.1. The Labute approximate surface area is 225 Å². The van der Waals surface area contributed by atoms with Crippen LogP contribution in [0.2, 0.25) is 0 Å². The number of hydrogen-bond donors (Lipinski definition) is 6. The minimum atomic E-state index is -5.73. The van der Waals surface area contributed by atoms with Crippen LogP contribution in [-0.4, -0.2) is 82.3 Å². The third kappa shape index (κ3) is 9.24. The van der Waals surface area contributed by atoms with E-state index >= 15 is 0 Å². The maximum absolute atomic E-state index is 12.1. The third-order valence-corrected chi connectivity index (χ3v) is 9.12. The molecule has 0 amide bonds. The normalized spacial score (nSPS) is 24.4. The Hall–Kier alpha value is -2.05. The summed E-state index contributed by atoms with van der Waals surface area (Å²) >= 11 is 0. The fourth-order valence-corrected chi connectivity index (χ4v) is 6.72. The fourth-order valence-electron chi connectivity index (χ4n) is 3.69. The summed E-state index contributed by atoms with van der Waals surface area (Å²) < 4.78 is 59.5. The lowest BCUT2D eigenvalue weighted by molar-refractivity contribution is -0.0708. The number of aliphatic hydroxyl groups is 1. The number of nitrogen functional groups attached to an aromatic ring is 1. The van der Waals surface area contributed by atoms with E-state index in [1.54, 1.807) is 0 Å². The number of hydrogen-bond acceptors (Lipinski definition) is 14. The van der Waals surface area contributed by atoms with Gasteiger partial charge in [0.1, 0.15) is 30.2 Å². The zero-order valence-electron chi connectivity index (χ0n) is 20.5. The molecule has 224 valence electrons. The highest BCUT2D eigenvalue weighted by atomic mass is 31.3. The lowest BCUT2D eigenvalue weighted by Crippen LogP contribution is -2.36. The molecule has 0 radical (unpaired) electrons. The number of fused-ring (bicyclic) bond motifs is 1. The number of rotatable bonds is 16. The number of phosphoric acid groups is 3. The molecule has 2 aromatic rings. The van der Waals surface area contributed by atoms with Crippen LogP contribution in [0.4, 0.5) is 5.82 Å². The molecule has 7 N–H and O–H groups in total. The van der Waals surface area contributed by atoms with E-state index in [-0.39, 0.29) is 23.6 Å². The van der Waals surface area contributed by atoms with Crippen molar-refractivity contribution in [3.8, 4) is 0 Å². The van der Waals surface area contributed by atoms with Crippen molar-refractivity contribution in [2.24, 2.45) is 5.11 Å². The van der Waals surface area contributed by atoms with Gasteiger partial charge in [0, 0.05) is 18.1 Å². The predicted molar refractivity (Wildman–Crippen MR) is 132 cm³/mol. The van der Waals surface area contributed by atoms with Gasteiger partial charge in [0.25, 0.3) is 0 Å². The van der Waals surface area contributed by atoms with Crippen LogP contribution in [0.25, 0.3) is 21.6 Å². The van der Waals surface area contributed by atoms with Crippen LogP contribution in [0.15, 0.2) is 17.8 Å². The molecule has 2 aromatic heterocycles. The highest BCUT2D eigenvalue weighted by molar-refractivity contribution is 7.66. The predicted octanol–water partition coefficient (Wildman–Crippen LogP) is 1.27. The summed E-state index contributed by atoms with van der Waals surface area (Å²) in [5, 5.41) is 14.4. The van der Waals surface area contributed by atoms with Crippen molar-refractivity contribution < 1.29 is 61.0 Å². The second kappa shape index (κ2) is 13.7. The Morgan fingerprint density at radius 2 is 1.80 bits per heavy atom. The second-order valence-electron chi connectivity index (χ2n) is 8.23. The number of nitrogens with zero attached hydrogens (tertiary/aromatic N) is 7. The van der Waals surface area contributed by atoms with Gasteiger partial charge in [0.2, 0.25) is 0 Å². The highest BCUT2D eigenvalue weighted by Crippen LogP contribution is 2.66. The van der Waals surface area contributed by atoms with Crippen LogP contribution in [0, 0.1) is 0 Å². The quantitative estimate of drug-likeness (QED) is 0.0498. The van der Waals surface area contributed by atoms with Crippen molar-refractivity contribution in [2.75, 3.05) is 25.5 Å². The minimum absolute atomic E-state index is 0.0738. The maximum Gasteiger partial charge on any atom is 0.490 e. The monoisotopic (exact) mass is 632 g/mol. The molecule has 6 atom stereocenters. The second-order valence-corrected chi connectivity index (χ2v) is 12.6. The van der Waals surface area contributed by atoms with Gasteiger partial charge in [-0.1, -0.05) is 18.0 Å². The van der Waals surface area contributed by atoms with E-state index < -0.39 is 54.6 Å². The molecule has 40 heavy (non-hydrogen) atoms. The van der Waals surface area contributed by atoms with E-state index in [4.69, 9.17) is 30.5 Å². The molecule has 0 saturated carbocycles. The van der Waals surface area contributed by atoms with Gasteiger partial charge in [-0.2, -0.15) is 8.62 Å². The van der Waals surface area contributed by atoms with Gasteiger partial charge in [-0.05, 0) is 18.4 Å². The molecular weight excluding hydrogens is 605 g/mol. The molecule has 3 rings (SSSR count). The summed E-state index contributed by atoms with van der Waals surface area (Å²) in [6, 6.07) is 0. The first kappa shape index (κ1) is 32.5. The molecule has 1 aliphatic rings. The van der Waals surface area contributed by atoms with Gasteiger partial charge in [0.05, 0.1) is 12.9 Å². The summed E-state index contributed by atoms with van der Waals surface area (Å²) in [5.74, 6) is 0.0738. The Morgan fingerprint density at radius 3 is 2.50 bits per heavy atom. The van der Waals surface area contributed by atoms with Gasteiger partial charge in [-0.25, -0.2) is 28.6 Å².